The van der Waals surface area contributed by atoms with Gasteiger partial charge in [-0.25, -0.2) is 4.39 Å². The average molecular weight is 243 g/mol. The van der Waals surface area contributed by atoms with Crippen molar-refractivity contribution < 1.29 is 13.9 Å². The molecule has 1 aromatic carbocycles. The standard InChI is InChI=1S/C12H12ClFO2/c1-6(2)11(15)9-5-7-3-4-8(13)10(14)12(7)16-9/h3-6,11,15H,1-2H3. The quantitative estimate of drug-likeness (QED) is 0.866. The van der Waals surface area contributed by atoms with Crippen molar-refractivity contribution in [2.45, 2.75) is 20.0 Å². The van der Waals surface area contributed by atoms with Crippen LogP contribution in [0.15, 0.2) is 22.6 Å². The van der Waals surface area contributed by atoms with E-state index in [4.69, 9.17) is 16.0 Å². The molecule has 2 aromatic rings. The fourth-order valence-electron chi connectivity index (χ4n) is 1.54. The lowest BCUT2D eigenvalue weighted by atomic mass is 10.1. The second-order valence-corrected chi connectivity index (χ2v) is 4.52. The van der Waals surface area contributed by atoms with Crippen LogP contribution in [0.4, 0.5) is 4.39 Å². The highest BCUT2D eigenvalue weighted by molar-refractivity contribution is 6.31. The van der Waals surface area contributed by atoms with Crippen molar-refractivity contribution in [3.63, 3.8) is 0 Å². The number of rotatable bonds is 2. The van der Waals surface area contributed by atoms with Crippen LogP contribution in [0.25, 0.3) is 11.0 Å². The lowest BCUT2D eigenvalue weighted by Gasteiger charge is -2.10. The number of fused-ring (bicyclic) bond motifs is 1. The molecule has 0 radical (unpaired) electrons. The molecule has 1 unspecified atom stereocenters. The first-order chi connectivity index (χ1) is 7.50. The molecule has 0 aliphatic rings. The number of hydrogen-bond donors (Lipinski definition) is 1. The Morgan fingerprint density at radius 1 is 1.38 bits per heavy atom. The second-order valence-electron chi connectivity index (χ2n) is 4.12. The Morgan fingerprint density at radius 3 is 2.69 bits per heavy atom. The van der Waals surface area contributed by atoms with Crippen LogP contribution in [0, 0.1) is 11.7 Å². The number of aliphatic hydroxyl groups is 1. The van der Waals surface area contributed by atoms with Gasteiger partial charge in [0.1, 0.15) is 11.9 Å². The maximum Gasteiger partial charge on any atom is 0.184 e. The molecule has 2 nitrogen and oxygen atoms in total. The Hall–Kier alpha value is -1.06. The molecular formula is C12H12ClFO2. The topological polar surface area (TPSA) is 33.4 Å². The maximum absolute atomic E-state index is 13.6. The molecule has 0 fully saturated rings. The van der Waals surface area contributed by atoms with Crippen LogP contribution < -0.4 is 0 Å². The van der Waals surface area contributed by atoms with Crippen LogP contribution in [-0.4, -0.2) is 5.11 Å². The molecule has 0 aliphatic heterocycles. The van der Waals surface area contributed by atoms with E-state index in [1.807, 2.05) is 13.8 Å². The Labute approximate surface area is 97.6 Å². The molecule has 1 aromatic heterocycles. The van der Waals surface area contributed by atoms with Crippen molar-refractivity contribution in [1.82, 2.24) is 0 Å². The van der Waals surface area contributed by atoms with Gasteiger partial charge < -0.3 is 9.52 Å². The predicted molar refractivity (Wildman–Crippen MR) is 61.0 cm³/mol. The molecule has 0 saturated carbocycles. The number of benzene rings is 1. The summed E-state index contributed by atoms with van der Waals surface area (Å²) in [6.07, 6.45) is -0.731. The van der Waals surface area contributed by atoms with Crippen LogP contribution in [0.2, 0.25) is 5.02 Å². The van der Waals surface area contributed by atoms with Gasteiger partial charge in [0.05, 0.1) is 5.02 Å². The highest BCUT2D eigenvalue weighted by atomic mass is 35.5. The number of aliphatic hydroxyl groups excluding tert-OH is 1. The molecule has 4 heteroatoms. The Balaban J connectivity index is 2.56. The monoisotopic (exact) mass is 242 g/mol. The van der Waals surface area contributed by atoms with Crippen molar-refractivity contribution in [3.8, 4) is 0 Å². The van der Waals surface area contributed by atoms with Crippen LogP contribution >= 0.6 is 11.6 Å². The summed E-state index contributed by atoms with van der Waals surface area (Å²) in [6, 6.07) is 4.78. The van der Waals surface area contributed by atoms with E-state index in [1.54, 1.807) is 12.1 Å². The summed E-state index contributed by atoms with van der Waals surface area (Å²) < 4.78 is 18.9. The van der Waals surface area contributed by atoms with Gasteiger partial charge in [-0.05, 0) is 24.1 Å². The van der Waals surface area contributed by atoms with E-state index in [2.05, 4.69) is 0 Å². The van der Waals surface area contributed by atoms with Gasteiger partial charge >= 0.3 is 0 Å². The van der Waals surface area contributed by atoms with E-state index in [0.717, 1.165) is 0 Å². The van der Waals surface area contributed by atoms with Gasteiger partial charge in [0.15, 0.2) is 11.4 Å². The minimum atomic E-state index is -0.731. The molecule has 0 amide bonds. The van der Waals surface area contributed by atoms with E-state index in [-0.39, 0.29) is 16.5 Å². The Bertz CT molecular complexity index is 519. The third-order valence-corrected chi connectivity index (χ3v) is 2.81. The fraction of sp³-hybridized carbons (Fsp3) is 0.333. The first-order valence-corrected chi connectivity index (χ1v) is 5.44. The third-order valence-electron chi connectivity index (χ3n) is 2.52. The third kappa shape index (κ3) is 1.81. The predicted octanol–water partition coefficient (Wildman–Crippen LogP) is 3.91. The zero-order valence-corrected chi connectivity index (χ0v) is 9.75. The number of furan rings is 1. The van der Waals surface area contributed by atoms with Crippen molar-refractivity contribution in [3.05, 3.63) is 34.8 Å². The summed E-state index contributed by atoms with van der Waals surface area (Å²) >= 11 is 5.64. The number of halogens is 2. The zero-order chi connectivity index (χ0) is 11.9. The van der Waals surface area contributed by atoms with E-state index >= 15 is 0 Å². The van der Waals surface area contributed by atoms with Crippen LogP contribution in [0.3, 0.4) is 0 Å². The smallest absolute Gasteiger partial charge is 0.184 e. The molecule has 1 N–H and O–H groups in total. The van der Waals surface area contributed by atoms with Crippen LogP contribution in [0.1, 0.15) is 25.7 Å². The van der Waals surface area contributed by atoms with Crippen molar-refractivity contribution >= 4 is 22.6 Å². The summed E-state index contributed by atoms with van der Waals surface area (Å²) in [4.78, 5) is 0. The minimum Gasteiger partial charge on any atom is -0.455 e. The van der Waals surface area contributed by atoms with Gasteiger partial charge in [0, 0.05) is 5.39 Å². The molecule has 1 atom stereocenters. The molecule has 0 spiro atoms. The first kappa shape index (κ1) is 11.4. The molecule has 2 rings (SSSR count). The SMILES string of the molecule is CC(C)C(O)c1cc2ccc(Cl)c(F)c2o1. The summed E-state index contributed by atoms with van der Waals surface area (Å²) in [7, 11) is 0. The molecule has 0 saturated heterocycles. The van der Waals surface area contributed by atoms with Crippen molar-refractivity contribution in [2.24, 2.45) is 5.92 Å². The lowest BCUT2D eigenvalue weighted by Crippen LogP contribution is -2.03. The van der Waals surface area contributed by atoms with Gasteiger partial charge in [-0.15, -0.1) is 0 Å². The van der Waals surface area contributed by atoms with Gasteiger partial charge in [-0.1, -0.05) is 25.4 Å². The van der Waals surface area contributed by atoms with Crippen LogP contribution in [0.5, 0.6) is 0 Å². The molecule has 0 bridgehead atoms. The molecular weight excluding hydrogens is 231 g/mol. The molecule has 16 heavy (non-hydrogen) atoms. The minimum absolute atomic E-state index is 0.0131. The molecule has 86 valence electrons. The summed E-state index contributed by atoms with van der Waals surface area (Å²) in [5.74, 6) is -0.202. The van der Waals surface area contributed by atoms with Crippen LogP contribution in [-0.2, 0) is 0 Å². The zero-order valence-electron chi connectivity index (χ0n) is 9.00. The average Bonchev–Trinajstić information content (AvgIpc) is 2.67. The second kappa shape index (κ2) is 4.07. The highest BCUT2D eigenvalue weighted by Gasteiger charge is 2.19. The van der Waals surface area contributed by atoms with E-state index in [9.17, 15) is 9.50 Å². The summed E-state index contributed by atoms with van der Waals surface area (Å²) in [6.45, 7) is 3.72. The maximum atomic E-state index is 13.6. The number of hydrogen-bond acceptors (Lipinski definition) is 2. The van der Waals surface area contributed by atoms with Gasteiger partial charge in [0.25, 0.3) is 0 Å². The van der Waals surface area contributed by atoms with Crippen molar-refractivity contribution in [1.29, 1.82) is 0 Å². The van der Waals surface area contributed by atoms with Crippen molar-refractivity contribution in [2.75, 3.05) is 0 Å². The first-order valence-electron chi connectivity index (χ1n) is 5.06. The summed E-state index contributed by atoms with van der Waals surface area (Å²) in [5.41, 5.74) is 0.0993. The van der Waals surface area contributed by atoms with E-state index < -0.39 is 11.9 Å². The molecule has 1 heterocycles. The van der Waals surface area contributed by atoms with Gasteiger partial charge in [-0.2, -0.15) is 0 Å². The van der Waals surface area contributed by atoms with E-state index in [1.165, 1.54) is 6.07 Å². The lowest BCUT2D eigenvalue weighted by molar-refractivity contribution is 0.104. The molecule has 0 aliphatic carbocycles. The fourth-order valence-corrected chi connectivity index (χ4v) is 1.69. The normalized spacial score (nSPS) is 13.6. The van der Waals surface area contributed by atoms with Gasteiger partial charge in [-0.3, -0.25) is 0 Å². The highest BCUT2D eigenvalue weighted by Crippen LogP contribution is 2.31. The Morgan fingerprint density at radius 2 is 2.06 bits per heavy atom. The largest absolute Gasteiger partial charge is 0.455 e. The Kier molecular flexibility index (Phi) is 2.91. The summed E-state index contributed by atoms with van der Waals surface area (Å²) in [5, 5.41) is 10.4. The van der Waals surface area contributed by atoms with Gasteiger partial charge in [0.2, 0.25) is 0 Å². The van der Waals surface area contributed by atoms with E-state index in [0.29, 0.717) is 11.1 Å².